The third kappa shape index (κ3) is 2.81. The lowest BCUT2D eigenvalue weighted by atomic mass is 10.1. The van der Waals surface area contributed by atoms with E-state index in [9.17, 15) is 17.6 Å². The minimum atomic E-state index is -4.52. The molecule has 0 aromatic carbocycles. The van der Waals surface area contributed by atoms with Gasteiger partial charge in [-0.05, 0) is 18.2 Å². The molecule has 0 radical (unpaired) electrons. The summed E-state index contributed by atoms with van der Waals surface area (Å²) in [6, 6.07) is 2.94. The van der Waals surface area contributed by atoms with Gasteiger partial charge in [0.05, 0.1) is 17.5 Å². The molecule has 0 bridgehead atoms. The fraction of sp³-hybridized carbons (Fsp3) is 0.167. The van der Waals surface area contributed by atoms with Crippen LogP contribution in [0.1, 0.15) is 5.56 Å². The molecule has 0 fully saturated rings. The maximum atomic E-state index is 13.5. The van der Waals surface area contributed by atoms with Crippen LogP contribution in [0.2, 0.25) is 0 Å². The molecule has 0 aliphatic carbocycles. The van der Waals surface area contributed by atoms with Crippen LogP contribution in [0.15, 0.2) is 30.6 Å². The minimum absolute atomic E-state index is 0.0148. The molecule has 0 atom stereocenters. The lowest BCUT2D eigenvalue weighted by molar-refractivity contribution is -0.137. The summed E-state index contributed by atoms with van der Waals surface area (Å²) in [6.07, 6.45) is -2.30. The van der Waals surface area contributed by atoms with Crippen molar-refractivity contribution in [3.63, 3.8) is 0 Å². The number of aromatic nitrogens is 2. The van der Waals surface area contributed by atoms with E-state index in [4.69, 9.17) is 0 Å². The number of nitrogens with zero attached hydrogens (tertiary/aromatic N) is 2. The van der Waals surface area contributed by atoms with E-state index >= 15 is 0 Å². The second kappa shape index (κ2) is 4.83. The molecule has 0 amide bonds. The summed E-state index contributed by atoms with van der Waals surface area (Å²) in [4.78, 5) is 7.46. The highest BCUT2D eigenvalue weighted by Gasteiger charge is 2.31. The van der Waals surface area contributed by atoms with Crippen LogP contribution in [-0.4, -0.2) is 17.0 Å². The van der Waals surface area contributed by atoms with Crippen molar-refractivity contribution >= 4 is 5.82 Å². The van der Waals surface area contributed by atoms with Crippen molar-refractivity contribution in [1.29, 1.82) is 0 Å². The van der Waals surface area contributed by atoms with Crippen LogP contribution < -0.4 is 5.32 Å². The van der Waals surface area contributed by atoms with Gasteiger partial charge in [-0.25, -0.2) is 9.37 Å². The summed E-state index contributed by atoms with van der Waals surface area (Å²) >= 11 is 0. The summed E-state index contributed by atoms with van der Waals surface area (Å²) in [5.74, 6) is -0.711. The summed E-state index contributed by atoms with van der Waals surface area (Å²) < 4.78 is 51.8. The van der Waals surface area contributed by atoms with Gasteiger partial charge in [0, 0.05) is 18.8 Å². The molecule has 2 heterocycles. The maximum absolute atomic E-state index is 13.5. The first-order chi connectivity index (χ1) is 8.91. The normalized spacial score (nSPS) is 11.4. The second-order valence-electron chi connectivity index (χ2n) is 3.73. The Balaban J connectivity index is 2.61. The Hall–Kier alpha value is -2.18. The summed E-state index contributed by atoms with van der Waals surface area (Å²) in [6.45, 7) is 0. The zero-order valence-electron chi connectivity index (χ0n) is 9.79. The van der Waals surface area contributed by atoms with Gasteiger partial charge < -0.3 is 5.32 Å². The van der Waals surface area contributed by atoms with Gasteiger partial charge in [-0.15, -0.1) is 0 Å². The van der Waals surface area contributed by atoms with Crippen molar-refractivity contribution in [2.75, 3.05) is 12.4 Å². The minimum Gasteiger partial charge on any atom is -0.373 e. The number of hydrogen-bond acceptors (Lipinski definition) is 3. The van der Waals surface area contributed by atoms with Gasteiger partial charge in [-0.1, -0.05) is 0 Å². The first kappa shape index (κ1) is 13.3. The Kier molecular flexibility index (Phi) is 3.37. The number of pyridine rings is 2. The van der Waals surface area contributed by atoms with Gasteiger partial charge in [-0.3, -0.25) is 4.98 Å². The lowest BCUT2D eigenvalue weighted by Gasteiger charge is -2.11. The average Bonchev–Trinajstić information content (AvgIpc) is 2.37. The van der Waals surface area contributed by atoms with Crippen molar-refractivity contribution in [2.45, 2.75) is 6.18 Å². The van der Waals surface area contributed by atoms with E-state index in [1.54, 1.807) is 0 Å². The molecule has 2 aromatic rings. The van der Waals surface area contributed by atoms with E-state index in [2.05, 4.69) is 15.3 Å². The molecule has 3 nitrogen and oxygen atoms in total. The molecule has 0 saturated heterocycles. The third-order valence-corrected chi connectivity index (χ3v) is 2.46. The number of hydrogen-bond donors (Lipinski definition) is 1. The Morgan fingerprint density at radius 1 is 1.21 bits per heavy atom. The van der Waals surface area contributed by atoms with Crippen molar-refractivity contribution < 1.29 is 17.6 Å². The van der Waals surface area contributed by atoms with Gasteiger partial charge in [-0.2, -0.15) is 13.2 Å². The molecule has 0 aliphatic rings. The van der Waals surface area contributed by atoms with Crippen LogP contribution in [0.5, 0.6) is 0 Å². The molecule has 0 saturated carbocycles. The fourth-order valence-corrected chi connectivity index (χ4v) is 1.54. The largest absolute Gasteiger partial charge is 0.416 e. The van der Waals surface area contributed by atoms with Gasteiger partial charge in [0.15, 0.2) is 5.82 Å². The Morgan fingerprint density at radius 2 is 1.95 bits per heavy atom. The van der Waals surface area contributed by atoms with Crippen LogP contribution in [0.4, 0.5) is 23.4 Å². The average molecular weight is 271 g/mol. The first-order valence-corrected chi connectivity index (χ1v) is 5.28. The molecular weight excluding hydrogens is 262 g/mol. The van der Waals surface area contributed by atoms with Gasteiger partial charge >= 0.3 is 6.18 Å². The number of halogens is 4. The van der Waals surface area contributed by atoms with E-state index in [0.29, 0.717) is 0 Å². The number of anilines is 1. The molecule has 0 aliphatic heterocycles. The zero-order chi connectivity index (χ0) is 14.0. The molecule has 2 rings (SSSR count). The monoisotopic (exact) mass is 271 g/mol. The molecule has 0 unspecified atom stereocenters. The molecule has 2 aromatic heterocycles. The highest BCUT2D eigenvalue weighted by atomic mass is 19.4. The van der Waals surface area contributed by atoms with Gasteiger partial charge in [0.1, 0.15) is 5.82 Å². The van der Waals surface area contributed by atoms with Crippen molar-refractivity contribution in [1.82, 2.24) is 9.97 Å². The standard InChI is InChI=1S/C12H9F4N3/c1-17-11-5-7(12(14,15)16)4-10(19-11)8-2-3-18-6-9(8)13/h2-6H,1H3,(H,17,19). The topological polar surface area (TPSA) is 37.8 Å². The fourth-order valence-electron chi connectivity index (χ4n) is 1.54. The van der Waals surface area contributed by atoms with E-state index in [1.807, 2.05) is 0 Å². The van der Waals surface area contributed by atoms with E-state index < -0.39 is 17.6 Å². The Morgan fingerprint density at radius 3 is 2.53 bits per heavy atom. The van der Waals surface area contributed by atoms with E-state index in [1.165, 1.54) is 19.3 Å². The zero-order valence-corrected chi connectivity index (χ0v) is 9.79. The predicted octanol–water partition coefficient (Wildman–Crippen LogP) is 3.34. The van der Waals surface area contributed by atoms with Crippen LogP contribution >= 0.6 is 0 Å². The maximum Gasteiger partial charge on any atom is 0.416 e. The Labute approximate surface area is 106 Å². The Bertz CT molecular complexity index is 596. The van der Waals surface area contributed by atoms with Crippen LogP contribution in [0.3, 0.4) is 0 Å². The third-order valence-electron chi connectivity index (χ3n) is 2.46. The number of alkyl halides is 3. The molecular formula is C12H9F4N3. The first-order valence-electron chi connectivity index (χ1n) is 5.28. The number of rotatable bonds is 2. The van der Waals surface area contributed by atoms with Crippen molar-refractivity contribution in [3.05, 3.63) is 42.0 Å². The lowest BCUT2D eigenvalue weighted by Crippen LogP contribution is -2.07. The van der Waals surface area contributed by atoms with Crippen LogP contribution in [-0.2, 0) is 6.18 Å². The highest BCUT2D eigenvalue weighted by Crippen LogP contribution is 2.33. The second-order valence-corrected chi connectivity index (χ2v) is 3.73. The van der Waals surface area contributed by atoms with Crippen LogP contribution in [0.25, 0.3) is 11.3 Å². The van der Waals surface area contributed by atoms with Crippen molar-refractivity contribution in [2.24, 2.45) is 0 Å². The molecule has 1 N–H and O–H groups in total. The van der Waals surface area contributed by atoms with E-state index in [0.717, 1.165) is 18.3 Å². The number of nitrogens with one attached hydrogen (secondary N) is 1. The summed E-state index contributed by atoms with van der Waals surface area (Å²) in [5, 5.41) is 2.52. The quantitative estimate of drug-likeness (QED) is 0.851. The molecule has 100 valence electrons. The molecule has 7 heteroatoms. The molecule has 19 heavy (non-hydrogen) atoms. The summed E-state index contributed by atoms with van der Waals surface area (Å²) in [7, 11) is 1.44. The smallest absolute Gasteiger partial charge is 0.373 e. The summed E-state index contributed by atoms with van der Waals surface area (Å²) in [5.41, 5.74) is -1.02. The highest BCUT2D eigenvalue weighted by molar-refractivity contribution is 5.63. The van der Waals surface area contributed by atoms with Gasteiger partial charge in [0.25, 0.3) is 0 Å². The van der Waals surface area contributed by atoms with Crippen molar-refractivity contribution in [3.8, 4) is 11.3 Å². The van der Waals surface area contributed by atoms with E-state index in [-0.39, 0.29) is 17.1 Å². The van der Waals surface area contributed by atoms with Crippen LogP contribution in [0, 0.1) is 5.82 Å². The molecule has 0 spiro atoms. The SMILES string of the molecule is CNc1cc(C(F)(F)F)cc(-c2ccncc2F)n1. The predicted molar refractivity (Wildman–Crippen MR) is 62.0 cm³/mol. The van der Waals surface area contributed by atoms with Gasteiger partial charge in [0.2, 0.25) is 0 Å².